The van der Waals surface area contributed by atoms with Crippen LogP contribution < -0.4 is 5.56 Å². The summed E-state index contributed by atoms with van der Waals surface area (Å²) in [5.41, 5.74) is 0.796. The van der Waals surface area contributed by atoms with Gasteiger partial charge in [-0.15, -0.1) is 12.4 Å². The molecule has 0 unspecified atom stereocenters. The average Bonchev–Trinajstić information content (AvgIpc) is 1.88. The summed E-state index contributed by atoms with van der Waals surface area (Å²) in [5.74, 6) is 0. The Kier molecular flexibility index (Phi) is 4.54. The van der Waals surface area contributed by atoms with E-state index in [0.717, 1.165) is 18.5 Å². The normalized spacial score (nSPS) is 8.82. The van der Waals surface area contributed by atoms with E-state index in [-0.39, 0.29) is 18.0 Å². The number of hydrogen-bond donors (Lipinski definition) is 1. The first-order chi connectivity index (χ1) is 4.83. The summed E-state index contributed by atoms with van der Waals surface area (Å²) >= 11 is 0. The number of aromatic amines is 1. The molecule has 1 rings (SSSR count). The Bertz CT molecular complexity index is 259. The lowest BCUT2D eigenvalue weighted by Crippen LogP contribution is -2.06. The van der Waals surface area contributed by atoms with Crippen molar-refractivity contribution in [3.8, 4) is 0 Å². The lowest BCUT2D eigenvalue weighted by Gasteiger charge is -1.92. The molecule has 0 saturated heterocycles. The molecule has 1 aromatic heterocycles. The van der Waals surface area contributed by atoms with E-state index in [1.54, 1.807) is 0 Å². The maximum Gasteiger partial charge on any atom is 0.250 e. The Balaban J connectivity index is 0.000001000. The highest BCUT2D eigenvalue weighted by molar-refractivity contribution is 5.85. The van der Waals surface area contributed by atoms with E-state index in [4.69, 9.17) is 0 Å². The lowest BCUT2D eigenvalue weighted by atomic mass is 10.2. The number of H-pyrrole nitrogens is 1. The molecule has 62 valence electrons. The molecule has 0 aliphatic carbocycles. The van der Waals surface area contributed by atoms with Crippen LogP contribution in [-0.4, -0.2) is 9.97 Å². The molecular formula is C7H11ClN2O. The number of halogens is 1. The van der Waals surface area contributed by atoms with Crippen molar-refractivity contribution in [3.63, 3.8) is 0 Å². The molecule has 0 atom stereocenters. The summed E-state index contributed by atoms with van der Waals surface area (Å²) in [6.45, 7) is 2.06. The van der Waals surface area contributed by atoms with Gasteiger partial charge in [-0.25, -0.2) is 4.98 Å². The van der Waals surface area contributed by atoms with E-state index in [1.807, 2.05) is 0 Å². The number of nitrogens with zero attached hydrogens (tertiary/aromatic N) is 1. The molecule has 0 aliphatic rings. The first-order valence-corrected chi connectivity index (χ1v) is 3.36. The van der Waals surface area contributed by atoms with Gasteiger partial charge >= 0.3 is 0 Å². The Morgan fingerprint density at radius 2 is 2.36 bits per heavy atom. The number of rotatable bonds is 2. The lowest BCUT2D eigenvalue weighted by molar-refractivity contribution is 0.866. The molecule has 3 nitrogen and oxygen atoms in total. The van der Waals surface area contributed by atoms with Crippen molar-refractivity contribution in [1.82, 2.24) is 9.97 Å². The van der Waals surface area contributed by atoms with Crippen molar-refractivity contribution < 1.29 is 0 Å². The van der Waals surface area contributed by atoms with Gasteiger partial charge in [0, 0.05) is 11.8 Å². The van der Waals surface area contributed by atoms with E-state index in [0.29, 0.717) is 0 Å². The molecule has 0 fully saturated rings. The van der Waals surface area contributed by atoms with Gasteiger partial charge in [0.2, 0.25) is 0 Å². The third-order valence-corrected chi connectivity index (χ3v) is 1.24. The topological polar surface area (TPSA) is 45.8 Å². The third-order valence-electron chi connectivity index (χ3n) is 1.24. The highest BCUT2D eigenvalue weighted by atomic mass is 35.5. The van der Waals surface area contributed by atoms with E-state index in [9.17, 15) is 4.79 Å². The van der Waals surface area contributed by atoms with Gasteiger partial charge in [0.15, 0.2) is 0 Å². The summed E-state index contributed by atoms with van der Waals surface area (Å²) in [6.07, 6.45) is 3.34. The second kappa shape index (κ2) is 4.91. The highest BCUT2D eigenvalue weighted by Gasteiger charge is 1.90. The van der Waals surface area contributed by atoms with Crippen molar-refractivity contribution in [1.29, 1.82) is 0 Å². The van der Waals surface area contributed by atoms with E-state index in [2.05, 4.69) is 16.9 Å². The number of hydrogen-bond acceptors (Lipinski definition) is 2. The highest BCUT2D eigenvalue weighted by Crippen LogP contribution is 1.91. The summed E-state index contributed by atoms with van der Waals surface area (Å²) in [5, 5.41) is 0. The van der Waals surface area contributed by atoms with Gasteiger partial charge in [0.1, 0.15) is 0 Å². The molecule has 0 saturated carbocycles. The second-order valence-corrected chi connectivity index (χ2v) is 2.15. The smallest absolute Gasteiger partial charge is 0.250 e. The fourth-order valence-electron chi connectivity index (χ4n) is 0.802. The van der Waals surface area contributed by atoms with Crippen LogP contribution in [0.3, 0.4) is 0 Å². The molecule has 0 radical (unpaired) electrons. The van der Waals surface area contributed by atoms with Crippen molar-refractivity contribution in [2.24, 2.45) is 0 Å². The summed E-state index contributed by atoms with van der Waals surface area (Å²) < 4.78 is 0. The van der Waals surface area contributed by atoms with Gasteiger partial charge in [-0.3, -0.25) is 4.79 Å². The van der Waals surface area contributed by atoms with Crippen LogP contribution in [0.5, 0.6) is 0 Å². The van der Waals surface area contributed by atoms with Gasteiger partial charge in [-0.2, -0.15) is 0 Å². The first kappa shape index (κ1) is 10.2. The van der Waals surface area contributed by atoms with Crippen LogP contribution in [0, 0.1) is 0 Å². The van der Waals surface area contributed by atoms with E-state index in [1.165, 1.54) is 12.4 Å². The van der Waals surface area contributed by atoms with Crippen molar-refractivity contribution >= 4 is 12.4 Å². The monoisotopic (exact) mass is 174 g/mol. The van der Waals surface area contributed by atoms with Gasteiger partial charge in [0.05, 0.1) is 6.33 Å². The quantitative estimate of drug-likeness (QED) is 0.731. The van der Waals surface area contributed by atoms with Crippen molar-refractivity contribution in [2.75, 3.05) is 0 Å². The van der Waals surface area contributed by atoms with Gasteiger partial charge in [-0.05, 0) is 6.42 Å². The predicted molar refractivity (Wildman–Crippen MR) is 46.1 cm³/mol. The standard InChI is InChI=1S/C7H10N2O.ClH/c1-2-3-6-4-7(10)9-5-8-6;/h4-5H,2-3H2,1H3,(H,8,9,10);1H. The van der Waals surface area contributed by atoms with Crippen LogP contribution in [0.15, 0.2) is 17.2 Å². The van der Waals surface area contributed by atoms with Gasteiger partial charge < -0.3 is 4.98 Å². The number of aromatic nitrogens is 2. The Hall–Kier alpha value is -0.830. The molecule has 0 aromatic carbocycles. The second-order valence-electron chi connectivity index (χ2n) is 2.15. The minimum Gasteiger partial charge on any atom is -0.313 e. The largest absolute Gasteiger partial charge is 0.313 e. The summed E-state index contributed by atoms with van der Waals surface area (Å²) in [4.78, 5) is 17.1. The van der Waals surface area contributed by atoms with Crippen LogP contribution in [0.2, 0.25) is 0 Å². The molecule has 4 heteroatoms. The molecule has 1 aromatic rings. The van der Waals surface area contributed by atoms with E-state index >= 15 is 0 Å². The van der Waals surface area contributed by atoms with Crippen LogP contribution >= 0.6 is 12.4 Å². The van der Waals surface area contributed by atoms with Crippen molar-refractivity contribution in [2.45, 2.75) is 19.8 Å². The zero-order chi connectivity index (χ0) is 7.40. The number of nitrogens with one attached hydrogen (secondary N) is 1. The zero-order valence-corrected chi connectivity index (χ0v) is 7.15. The average molecular weight is 175 g/mol. The SMILES string of the molecule is CCCc1cc(=O)[nH]cn1.Cl. The van der Waals surface area contributed by atoms with Crippen LogP contribution in [0.1, 0.15) is 19.0 Å². The zero-order valence-electron chi connectivity index (χ0n) is 6.33. The van der Waals surface area contributed by atoms with Crippen molar-refractivity contribution in [3.05, 3.63) is 28.4 Å². The van der Waals surface area contributed by atoms with E-state index < -0.39 is 0 Å². The maximum absolute atomic E-state index is 10.7. The van der Waals surface area contributed by atoms with Gasteiger partial charge in [0.25, 0.3) is 5.56 Å². The summed E-state index contributed by atoms with van der Waals surface area (Å²) in [7, 11) is 0. The Morgan fingerprint density at radius 3 is 2.91 bits per heavy atom. The van der Waals surface area contributed by atoms with Crippen LogP contribution in [0.4, 0.5) is 0 Å². The molecule has 1 N–H and O–H groups in total. The molecule has 11 heavy (non-hydrogen) atoms. The van der Waals surface area contributed by atoms with Gasteiger partial charge in [-0.1, -0.05) is 13.3 Å². The third kappa shape index (κ3) is 3.18. The predicted octanol–water partition coefficient (Wildman–Crippen LogP) is 1.14. The minimum absolute atomic E-state index is 0. The Morgan fingerprint density at radius 1 is 1.64 bits per heavy atom. The van der Waals surface area contributed by atoms with Crippen LogP contribution in [-0.2, 0) is 6.42 Å². The minimum atomic E-state index is -0.0709. The fourth-order valence-corrected chi connectivity index (χ4v) is 0.802. The fraction of sp³-hybridized carbons (Fsp3) is 0.429. The maximum atomic E-state index is 10.7. The molecular weight excluding hydrogens is 164 g/mol. The molecule has 0 aliphatic heterocycles. The van der Waals surface area contributed by atoms with Crippen LogP contribution in [0.25, 0.3) is 0 Å². The molecule has 0 spiro atoms. The first-order valence-electron chi connectivity index (χ1n) is 3.36. The number of aryl methyl sites for hydroxylation is 1. The molecule has 1 heterocycles. The summed E-state index contributed by atoms with van der Waals surface area (Å²) in [6, 6.07) is 1.53. The molecule has 0 bridgehead atoms. The Labute approximate surface area is 71.3 Å². The molecule has 0 amide bonds.